The van der Waals surface area contributed by atoms with Gasteiger partial charge in [0.1, 0.15) is 5.75 Å². The monoisotopic (exact) mass is 441 g/mol. The van der Waals surface area contributed by atoms with E-state index < -0.39 is 18.1 Å². The number of methoxy groups -OCH3 is 1. The third-order valence-corrected chi connectivity index (χ3v) is 5.67. The molecule has 1 aliphatic heterocycles. The van der Waals surface area contributed by atoms with E-state index in [4.69, 9.17) is 5.73 Å². The van der Waals surface area contributed by atoms with Gasteiger partial charge in [-0.25, -0.2) is 9.79 Å². The number of aliphatic imine (C=N–C) groups is 1. The van der Waals surface area contributed by atoms with Crippen molar-refractivity contribution < 1.29 is 27.8 Å². The normalized spacial score (nSPS) is 22.1. The number of hydrogen-bond donors (Lipinski definition) is 2. The zero-order chi connectivity index (χ0) is 22.9. The number of allylic oxidation sites excluding steroid dienone is 1. The van der Waals surface area contributed by atoms with Crippen LogP contribution in [0.25, 0.3) is 0 Å². The number of ether oxygens (including phenoxy) is 2. The van der Waals surface area contributed by atoms with Crippen molar-refractivity contribution in [1.29, 1.82) is 0 Å². The number of nitrogens with one attached hydrogen (secondary N) is 1. The zero-order valence-electron chi connectivity index (χ0n) is 17.2. The smallest absolute Gasteiger partial charge is 0.387 e. The van der Waals surface area contributed by atoms with E-state index in [-0.39, 0.29) is 23.6 Å². The molecule has 0 saturated heterocycles. The minimum atomic E-state index is -2.95. The summed E-state index contributed by atoms with van der Waals surface area (Å²) in [6.45, 7) is -2.95. The van der Waals surface area contributed by atoms with Crippen LogP contribution < -0.4 is 15.8 Å². The Morgan fingerprint density at radius 2 is 1.94 bits per heavy atom. The molecular formula is C23H21F2N3O4. The summed E-state index contributed by atoms with van der Waals surface area (Å²) in [5.41, 5.74) is 7.44. The van der Waals surface area contributed by atoms with Crippen LogP contribution in [0.3, 0.4) is 0 Å². The lowest BCUT2D eigenvalue weighted by Gasteiger charge is -2.31. The summed E-state index contributed by atoms with van der Waals surface area (Å²) < 4.78 is 34.1. The number of nitrogens with two attached hydrogens (primary N) is 1. The quantitative estimate of drug-likeness (QED) is 0.530. The average Bonchev–Trinajstić information content (AvgIpc) is 3.05. The van der Waals surface area contributed by atoms with Crippen molar-refractivity contribution in [2.24, 2.45) is 10.7 Å². The van der Waals surface area contributed by atoms with Gasteiger partial charge in [-0.1, -0.05) is 42.0 Å². The maximum Gasteiger partial charge on any atom is 0.387 e. The molecule has 1 unspecified atom stereocenters. The lowest BCUT2D eigenvalue weighted by atomic mass is 9.74. The number of halogens is 2. The Bertz CT molecular complexity index is 1110. The SMILES string of the molecule is COC(=O)C=C1CC(c2cccc(C3(c4ccc(OC(F)F)cc4)N=C(N)NC3=O)c2)C1. The fraction of sp³-hybridized carbons (Fsp3) is 0.261. The lowest BCUT2D eigenvalue weighted by molar-refractivity contribution is -0.135. The Morgan fingerprint density at radius 3 is 2.53 bits per heavy atom. The largest absolute Gasteiger partial charge is 0.466 e. The van der Waals surface area contributed by atoms with Crippen molar-refractivity contribution in [2.75, 3.05) is 7.11 Å². The van der Waals surface area contributed by atoms with Crippen LogP contribution in [0.4, 0.5) is 8.78 Å². The van der Waals surface area contributed by atoms with Crippen molar-refractivity contribution in [2.45, 2.75) is 30.9 Å². The van der Waals surface area contributed by atoms with Crippen molar-refractivity contribution in [1.82, 2.24) is 5.32 Å². The van der Waals surface area contributed by atoms with E-state index >= 15 is 0 Å². The summed E-state index contributed by atoms with van der Waals surface area (Å²) in [6.07, 6.45) is 2.92. The molecule has 2 aromatic carbocycles. The van der Waals surface area contributed by atoms with Crippen molar-refractivity contribution in [3.05, 3.63) is 76.9 Å². The third kappa shape index (κ3) is 3.93. The first kappa shape index (κ1) is 21.5. The van der Waals surface area contributed by atoms with Crippen LogP contribution in [0, 0.1) is 0 Å². The highest BCUT2D eigenvalue weighted by molar-refractivity contribution is 6.09. The summed E-state index contributed by atoms with van der Waals surface area (Å²) >= 11 is 0. The lowest BCUT2D eigenvalue weighted by Crippen LogP contribution is -2.39. The summed E-state index contributed by atoms with van der Waals surface area (Å²) in [7, 11) is 1.34. The fourth-order valence-corrected chi connectivity index (χ4v) is 4.07. The minimum absolute atomic E-state index is 0.0256. The molecule has 1 amide bonds. The third-order valence-electron chi connectivity index (χ3n) is 5.67. The number of benzene rings is 2. The van der Waals surface area contributed by atoms with Crippen LogP contribution in [-0.4, -0.2) is 31.6 Å². The highest BCUT2D eigenvalue weighted by atomic mass is 19.3. The number of esters is 1. The number of guanidine groups is 1. The molecule has 4 rings (SSSR count). The van der Waals surface area contributed by atoms with Gasteiger partial charge >= 0.3 is 12.6 Å². The molecule has 9 heteroatoms. The molecule has 0 radical (unpaired) electrons. The molecule has 166 valence electrons. The molecule has 32 heavy (non-hydrogen) atoms. The van der Waals surface area contributed by atoms with Gasteiger partial charge in [0.25, 0.3) is 5.91 Å². The Hall–Kier alpha value is -3.75. The van der Waals surface area contributed by atoms with E-state index in [1.807, 2.05) is 18.2 Å². The molecule has 1 aliphatic carbocycles. The summed E-state index contributed by atoms with van der Waals surface area (Å²) in [5.74, 6) is -0.675. The van der Waals surface area contributed by atoms with Crippen molar-refractivity contribution >= 4 is 17.8 Å². The molecule has 0 spiro atoms. The number of alkyl halides is 2. The topological polar surface area (TPSA) is 103 Å². The maximum absolute atomic E-state index is 13.0. The van der Waals surface area contributed by atoms with Crippen LogP contribution >= 0.6 is 0 Å². The Kier molecular flexibility index (Phi) is 5.65. The van der Waals surface area contributed by atoms with Crippen LogP contribution in [-0.2, 0) is 19.9 Å². The predicted octanol–water partition coefficient (Wildman–Crippen LogP) is 2.95. The Morgan fingerprint density at radius 1 is 1.22 bits per heavy atom. The predicted molar refractivity (Wildman–Crippen MR) is 112 cm³/mol. The van der Waals surface area contributed by atoms with E-state index in [0.717, 1.165) is 11.1 Å². The molecule has 3 N–H and O–H groups in total. The molecule has 1 atom stereocenters. The van der Waals surface area contributed by atoms with Crippen LogP contribution in [0.5, 0.6) is 5.75 Å². The fourth-order valence-electron chi connectivity index (χ4n) is 4.07. The number of amides is 1. The van der Waals surface area contributed by atoms with Gasteiger partial charge in [-0.05, 0) is 47.6 Å². The van der Waals surface area contributed by atoms with Crippen LogP contribution in [0.2, 0.25) is 0 Å². The molecule has 0 bridgehead atoms. The van der Waals surface area contributed by atoms with Crippen LogP contribution in [0.15, 0.2) is 65.2 Å². The van der Waals surface area contributed by atoms with Gasteiger partial charge in [0, 0.05) is 6.08 Å². The van der Waals surface area contributed by atoms with Crippen molar-refractivity contribution in [3.63, 3.8) is 0 Å². The van der Waals surface area contributed by atoms with Gasteiger partial charge in [-0.2, -0.15) is 8.78 Å². The number of carbonyl (C=O) groups excluding carboxylic acids is 2. The second-order valence-corrected chi connectivity index (χ2v) is 7.62. The number of nitrogens with zero attached hydrogens (tertiary/aromatic N) is 1. The zero-order valence-corrected chi connectivity index (χ0v) is 17.2. The molecule has 2 aliphatic rings. The summed E-state index contributed by atoms with van der Waals surface area (Å²) in [4.78, 5) is 28.9. The second kappa shape index (κ2) is 8.41. The Balaban J connectivity index is 1.67. The first-order chi connectivity index (χ1) is 15.3. The van der Waals surface area contributed by atoms with E-state index in [2.05, 4.69) is 19.8 Å². The van der Waals surface area contributed by atoms with Gasteiger partial charge in [-0.3, -0.25) is 10.1 Å². The summed E-state index contributed by atoms with van der Waals surface area (Å²) in [5, 5.41) is 2.54. The van der Waals surface area contributed by atoms with Crippen LogP contribution in [0.1, 0.15) is 35.4 Å². The molecule has 1 saturated carbocycles. The van der Waals surface area contributed by atoms with E-state index in [9.17, 15) is 18.4 Å². The first-order valence-corrected chi connectivity index (χ1v) is 9.92. The standard InChI is InChI=1S/C23H21F2N3O4/c1-31-19(29)11-13-9-15(10-13)14-3-2-4-17(12-14)23(20(30)27-22(26)28-23)16-5-7-18(8-6-16)32-21(24)25/h2-8,11-12,15,21H,9-10H2,1H3,(H3,26,27,28,30). The molecular weight excluding hydrogens is 420 g/mol. The molecule has 0 aromatic heterocycles. The van der Waals surface area contributed by atoms with Crippen molar-refractivity contribution in [3.8, 4) is 5.75 Å². The first-order valence-electron chi connectivity index (χ1n) is 9.92. The number of rotatable bonds is 6. The molecule has 1 heterocycles. The number of hydrogen-bond acceptors (Lipinski definition) is 6. The molecule has 2 aromatic rings. The average molecular weight is 441 g/mol. The summed E-state index contributed by atoms with van der Waals surface area (Å²) in [6, 6.07) is 13.2. The molecule has 7 nitrogen and oxygen atoms in total. The minimum Gasteiger partial charge on any atom is -0.466 e. The Labute approximate surface area is 182 Å². The van der Waals surface area contributed by atoms with Gasteiger partial charge < -0.3 is 15.2 Å². The van der Waals surface area contributed by atoms with Gasteiger partial charge in [-0.15, -0.1) is 0 Å². The van der Waals surface area contributed by atoms with E-state index in [0.29, 0.717) is 24.0 Å². The highest BCUT2D eigenvalue weighted by Gasteiger charge is 2.47. The highest BCUT2D eigenvalue weighted by Crippen LogP contribution is 2.44. The van der Waals surface area contributed by atoms with E-state index in [1.54, 1.807) is 6.07 Å². The second-order valence-electron chi connectivity index (χ2n) is 7.62. The van der Waals surface area contributed by atoms with Gasteiger partial charge in [0.15, 0.2) is 11.5 Å². The van der Waals surface area contributed by atoms with Gasteiger partial charge in [0.05, 0.1) is 7.11 Å². The molecule has 1 fully saturated rings. The van der Waals surface area contributed by atoms with Gasteiger partial charge in [0.2, 0.25) is 0 Å². The maximum atomic E-state index is 13.0. The number of carbonyl (C=O) groups is 2. The van der Waals surface area contributed by atoms with E-state index in [1.165, 1.54) is 37.5 Å².